The Morgan fingerprint density at radius 2 is 1.77 bits per heavy atom. The van der Waals surface area contributed by atoms with Gasteiger partial charge in [-0.25, -0.2) is 4.79 Å². The summed E-state index contributed by atoms with van der Waals surface area (Å²) in [6.45, 7) is 0.102. The molecule has 1 N–H and O–H groups in total. The van der Waals surface area contributed by atoms with Crippen LogP contribution in [0.1, 0.15) is 21.5 Å². The summed E-state index contributed by atoms with van der Waals surface area (Å²) in [6.07, 6.45) is 1.66. The number of methoxy groups -OCH3 is 1. The first kappa shape index (κ1) is 17.8. The van der Waals surface area contributed by atoms with Gasteiger partial charge in [-0.3, -0.25) is 14.5 Å². The number of hydrogen-bond donors (Lipinski definition) is 1. The van der Waals surface area contributed by atoms with Crippen molar-refractivity contribution in [2.24, 2.45) is 0 Å². The molecule has 0 aliphatic carbocycles. The summed E-state index contributed by atoms with van der Waals surface area (Å²) in [6, 6.07) is 13.3. The van der Waals surface area contributed by atoms with Crippen LogP contribution in [-0.4, -0.2) is 34.2 Å². The van der Waals surface area contributed by atoms with E-state index in [9.17, 15) is 14.4 Å². The number of benzene rings is 2. The van der Waals surface area contributed by atoms with E-state index in [1.54, 1.807) is 49.6 Å². The zero-order valence-electron chi connectivity index (χ0n) is 13.8. The van der Waals surface area contributed by atoms with Crippen LogP contribution in [0.25, 0.3) is 6.08 Å². The van der Waals surface area contributed by atoms with Crippen molar-refractivity contribution in [1.82, 2.24) is 4.90 Å². The molecule has 0 saturated carbocycles. The number of carboxylic acid groups (broad SMARTS) is 1. The first-order valence-electron chi connectivity index (χ1n) is 7.69. The standard InChI is InChI=1S/C19H15NO5S/c1-25-15-8-4-12(5-9-15)10-16-17(21)20(19(24)26-16)11-13-2-6-14(7-3-13)18(22)23/h2-10H,11H2,1H3,(H,22,23)/b16-10+. The maximum absolute atomic E-state index is 12.5. The second-order valence-corrected chi connectivity index (χ2v) is 6.54. The van der Waals surface area contributed by atoms with Crippen molar-refractivity contribution in [2.75, 3.05) is 7.11 Å². The topological polar surface area (TPSA) is 83.9 Å². The van der Waals surface area contributed by atoms with Gasteiger partial charge < -0.3 is 9.84 Å². The van der Waals surface area contributed by atoms with Crippen molar-refractivity contribution < 1.29 is 24.2 Å². The van der Waals surface area contributed by atoms with Crippen LogP contribution in [0, 0.1) is 0 Å². The Balaban J connectivity index is 1.75. The van der Waals surface area contributed by atoms with E-state index >= 15 is 0 Å². The van der Waals surface area contributed by atoms with Crippen LogP contribution in [0.4, 0.5) is 4.79 Å². The predicted octanol–water partition coefficient (Wildman–Crippen LogP) is 3.63. The number of rotatable bonds is 5. The Kier molecular flexibility index (Phi) is 5.09. The van der Waals surface area contributed by atoms with Gasteiger partial charge in [0.1, 0.15) is 5.75 Å². The molecular weight excluding hydrogens is 354 g/mol. The van der Waals surface area contributed by atoms with Crippen molar-refractivity contribution >= 4 is 35.0 Å². The third-order valence-corrected chi connectivity index (χ3v) is 4.74. The average molecular weight is 369 g/mol. The summed E-state index contributed by atoms with van der Waals surface area (Å²) in [4.78, 5) is 37.1. The fourth-order valence-corrected chi connectivity index (χ4v) is 3.26. The van der Waals surface area contributed by atoms with Gasteiger partial charge in [-0.2, -0.15) is 0 Å². The molecule has 0 bridgehead atoms. The second kappa shape index (κ2) is 7.45. The fraction of sp³-hybridized carbons (Fsp3) is 0.105. The summed E-state index contributed by atoms with van der Waals surface area (Å²) < 4.78 is 5.09. The molecular formula is C19H15NO5S. The third kappa shape index (κ3) is 3.78. The molecule has 0 aromatic heterocycles. The van der Waals surface area contributed by atoms with E-state index in [2.05, 4.69) is 0 Å². The molecule has 1 aliphatic rings. The zero-order chi connectivity index (χ0) is 18.7. The van der Waals surface area contributed by atoms with Crippen molar-refractivity contribution in [3.8, 4) is 5.75 Å². The first-order chi connectivity index (χ1) is 12.5. The molecule has 6 nitrogen and oxygen atoms in total. The zero-order valence-corrected chi connectivity index (χ0v) is 14.7. The van der Waals surface area contributed by atoms with E-state index < -0.39 is 5.97 Å². The molecule has 2 aromatic carbocycles. The van der Waals surface area contributed by atoms with Gasteiger partial charge in [0.25, 0.3) is 11.1 Å². The Hall–Kier alpha value is -3.06. The van der Waals surface area contributed by atoms with Crippen molar-refractivity contribution in [2.45, 2.75) is 6.54 Å². The Labute approximate surface area is 154 Å². The number of carboxylic acids is 1. The number of carbonyl (C=O) groups is 3. The predicted molar refractivity (Wildman–Crippen MR) is 97.9 cm³/mol. The number of ether oxygens (including phenoxy) is 1. The lowest BCUT2D eigenvalue weighted by Crippen LogP contribution is -2.27. The van der Waals surface area contributed by atoms with E-state index in [-0.39, 0.29) is 23.3 Å². The highest BCUT2D eigenvalue weighted by Gasteiger charge is 2.34. The van der Waals surface area contributed by atoms with Crippen LogP contribution in [0.3, 0.4) is 0 Å². The molecule has 2 aromatic rings. The van der Waals surface area contributed by atoms with E-state index in [0.717, 1.165) is 22.2 Å². The number of carbonyl (C=O) groups excluding carboxylic acids is 2. The number of nitrogens with zero attached hydrogens (tertiary/aromatic N) is 1. The Morgan fingerprint density at radius 3 is 2.35 bits per heavy atom. The molecule has 0 spiro atoms. The summed E-state index contributed by atoms with van der Waals surface area (Å²) in [5, 5.41) is 8.56. The number of hydrogen-bond acceptors (Lipinski definition) is 5. The van der Waals surface area contributed by atoms with Crippen molar-refractivity contribution in [1.29, 1.82) is 0 Å². The molecule has 26 heavy (non-hydrogen) atoms. The van der Waals surface area contributed by atoms with E-state index in [1.807, 2.05) is 0 Å². The molecule has 1 heterocycles. The molecule has 1 fully saturated rings. The van der Waals surface area contributed by atoms with E-state index in [4.69, 9.17) is 9.84 Å². The van der Waals surface area contributed by atoms with Crippen LogP contribution in [0.15, 0.2) is 53.4 Å². The largest absolute Gasteiger partial charge is 0.497 e. The third-order valence-electron chi connectivity index (χ3n) is 3.83. The number of thioether (sulfide) groups is 1. The summed E-state index contributed by atoms with van der Waals surface area (Å²) in [7, 11) is 1.57. The maximum atomic E-state index is 12.5. The summed E-state index contributed by atoms with van der Waals surface area (Å²) in [5.74, 6) is -0.677. The fourth-order valence-electron chi connectivity index (χ4n) is 2.42. The number of amides is 2. The molecule has 2 amide bonds. The monoisotopic (exact) mass is 369 g/mol. The van der Waals surface area contributed by atoms with Gasteiger partial charge in [0.15, 0.2) is 0 Å². The Morgan fingerprint density at radius 1 is 1.12 bits per heavy atom. The highest BCUT2D eigenvalue weighted by Crippen LogP contribution is 2.33. The second-order valence-electron chi connectivity index (χ2n) is 5.54. The van der Waals surface area contributed by atoms with Gasteiger partial charge >= 0.3 is 5.97 Å². The van der Waals surface area contributed by atoms with Gasteiger partial charge in [0.05, 0.1) is 24.1 Å². The van der Waals surface area contributed by atoms with Crippen LogP contribution in [-0.2, 0) is 11.3 Å². The summed E-state index contributed by atoms with van der Waals surface area (Å²) in [5.41, 5.74) is 1.63. The van der Waals surface area contributed by atoms with E-state index in [1.165, 1.54) is 12.1 Å². The number of aromatic carboxylic acids is 1. The highest BCUT2D eigenvalue weighted by molar-refractivity contribution is 8.18. The smallest absolute Gasteiger partial charge is 0.335 e. The molecule has 1 saturated heterocycles. The molecule has 0 atom stereocenters. The molecule has 1 aliphatic heterocycles. The summed E-state index contributed by atoms with van der Waals surface area (Å²) >= 11 is 0.887. The maximum Gasteiger partial charge on any atom is 0.335 e. The van der Waals surface area contributed by atoms with Crippen LogP contribution in [0.2, 0.25) is 0 Å². The van der Waals surface area contributed by atoms with Crippen LogP contribution in [0.5, 0.6) is 5.75 Å². The lowest BCUT2D eigenvalue weighted by atomic mass is 10.1. The normalized spacial score (nSPS) is 15.6. The highest BCUT2D eigenvalue weighted by atomic mass is 32.2. The van der Waals surface area contributed by atoms with Gasteiger partial charge in [-0.15, -0.1) is 0 Å². The van der Waals surface area contributed by atoms with E-state index in [0.29, 0.717) is 16.2 Å². The minimum atomic E-state index is -1.02. The molecule has 132 valence electrons. The molecule has 0 unspecified atom stereocenters. The van der Waals surface area contributed by atoms with Crippen LogP contribution >= 0.6 is 11.8 Å². The molecule has 3 rings (SSSR count). The minimum absolute atomic E-state index is 0.102. The minimum Gasteiger partial charge on any atom is -0.497 e. The van der Waals surface area contributed by atoms with Crippen LogP contribution < -0.4 is 4.74 Å². The molecule has 0 radical (unpaired) electrons. The quantitative estimate of drug-likeness (QED) is 0.810. The number of imide groups is 1. The molecule has 7 heteroatoms. The van der Waals surface area contributed by atoms with Gasteiger partial charge in [0, 0.05) is 0 Å². The van der Waals surface area contributed by atoms with Gasteiger partial charge in [0.2, 0.25) is 0 Å². The van der Waals surface area contributed by atoms with Crippen molar-refractivity contribution in [3.05, 3.63) is 70.1 Å². The Bertz CT molecular complexity index is 887. The van der Waals surface area contributed by atoms with Gasteiger partial charge in [-0.05, 0) is 53.2 Å². The lowest BCUT2D eigenvalue weighted by Gasteiger charge is -2.12. The van der Waals surface area contributed by atoms with Crippen molar-refractivity contribution in [3.63, 3.8) is 0 Å². The van der Waals surface area contributed by atoms with Gasteiger partial charge in [-0.1, -0.05) is 24.3 Å². The average Bonchev–Trinajstić information content (AvgIpc) is 2.90. The lowest BCUT2D eigenvalue weighted by molar-refractivity contribution is -0.123. The first-order valence-corrected chi connectivity index (χ1v) is 8.51. The SMILES string of the molecule is COc1ccc(/C=C2/SC(=O)N(Cc3ccc(C(=O)O)cc3)C2=O)cc1.